The van der Waals surface area contributed by atoms with E-state index in [1.165, 1.54) is 17.5 Å². The van der Waals surface area contributed by atoms with E-state index in [4.69, 9.17) is 4.74 Å². The minimum Gasteiger partial charge on any atom is -0.474 e. The summed E-state index contributed by atoms with van der Waals surface area (Å²) in [5.41, 5.74) is 0.865. The van der Waals surface area contributed by atoms with Crippen LogP contribution in [0.2, 0.25) is 0 Å². The first-order valence-corrected chi connectivity index (χ1v) is 10.1. The molecular weight excluding hydrogens is 368 g/mol. The first-order chi connectivity index (χ1) is 14.2. The molecule has 0 saturated heterocycles. The van der Waals surface area contributed by atoms with Crippen LogP contribution >= 0.6 is 0 Å². The molecule has 1 aromatic carbocycles. The number of carbonyl (C=O) groups is 1. The molecule has 0 atom stereocenters. The van der Waals surface area contributed by atoms with E-state index in [-0.39, 0.29) is 29.8 Å². The zero-order chi connectivity index (χ0) is 20.2. The van der Waals surface area contributed by atoms with E-state index in [9.17, 15) is 9.59 Å². The molecule has 2 aromatic heterocycles. The molecule has 0 spiro atoms. The minimum atomic E-state index is -0.334. The summed E-state index contributed by atoms with van der Waals surface area (Å²) in [6.45, 7) is 2.50. The van der Waals surface area contributed by atoms with E-state index in [2.05, 4.69) is 15.4 Å². The Labute approximate surface area is 168 Å². The van der Waals surface area contributed by atoms with Crippen LogP contribution in [0.25, 0.3) is 10.8 Å². The number of nitrogens with one attached hydrogen (secondary N) is 1. The molecule has 1 fully saturated rings. The maximum absolute atomic E-state index is 12.9. The maximum Gasteiger partial charge on any atom is 0.274 e. The van der Waals surface area contributed by atoms with Gasteiger partial charge in [-0.2, -0.15) is 5.10 Å². The van der Waals surface area contributed by atoms with Crippen LogP contribution < -0.4 is 15.6 Å². The second kappa shape index (κ2) is 8.43. The Kier molecular flexibility index (Phi) is 5.55. The highest BCUT2D eigenvalue weighted by atomic mass is 16.5. The first kappa shape index (κ1) is 19.1. The number of rotatable bonds is 6. The van der Waals surface area contributed by atoms with Crippen LogP contribution in [-0.2, 0) is 13.1 Å². The topological polar surface area (TPSA) is 86.1 Å². The molecular formula is C22H24N4O3. The zero-order valence-electron chi connectivity index (χ0n) is 16.4. The lowest BCUT2D eigenvalue weighted by Crippen LogP contribution is -2.30. The highest BCUT2D eigenvalue weighted by molar-refractivity contribution is 6.04. The van der Waals surface area contributed by atoms with Crippen LogP contribution in [0.4, 0.5) is 0 Å². The number of benzene rings is 1. The maximum atomic E-state index is 12.9. The van der Waals surface area contributed by atoms with Crippen molar-refractivity contribution in [1.29, 1.82) is 0 Å². The zero-order valence-corrected chi connectivity index (χ0v) is 16.4. The summed E-state index contributed by atoms with van der Waals surface area (Å²) < 4.78 is 7.36. The highest BCUT2D eigenvalue weighted by Gasteiger charge is 2.20. The van der Waals surface area contributed by atoms with E-state index in [1.54, 1.807) is 30.5 Å². The van der Waals surface area contributed by atoms with Crippen LogP contribution in [0.3, 0.4) is 0 Å². The Morgan fingerprint density at radius 1 is 1.17 bits per heavy atom. The fraction of sp³-hybridized carbons (Fsp3) is 0.364. The molecule has 0 aliphatic heterocycles. The molecule has 0 bridgehead atoms. The summed E-state index contributed by atoms with van der Waals surface area (Å²) in [6.07, 6.45) is 6.32. The normalized spacial score (nSPS) is 14.2. The third kappa shape index (κ3) is 3.99. The van der Waals surface area contributed by atoms with E-state index in [1.807, 2.05) is 19.1 Å². The molecule has 1 aliphatic rings. The van der Waals surface area contributed by atoms with Crippen molar-refractivity contribution < 1.29 is 9.53 Å². The molecule has 0 radical (unpaired) electrons. The SMILES string of the molecule is CCn1nc(C(=O)NCc2cccnc2OC2CCCC2)c2ccccc2c1=O. The Morgan fingerprint density at radius 2 is 1.93 bits per heavy atom. The van der Waals surface area contributed by atoms with Gasteiger partial charge >= 0.3 is 0 Å². The smallest absolute Gasteiger partial charge is 0.274 e. The van der Waals surface area contributed by atoms with Gasteiger partial charge < -0.3 is 10.1 Å². The van der Waals surface area contributed by atoms with Crippen molar-refractivity contribution >= 4 is 16.7 Å². The average Bonchev–Trinajstić information content (AvgIpc) is 3.26. The van der Waals surface area contributed by atoms with Gasteiger partial charge in [-0.05, 0) is 44.7 Å². The van der Waals surface area contributed by atoms with Gasteiger partial charge in [0, 0.05) is 30.2 Å². The molecule has 4 rings (SSSR count). The van der Waals surface area contributed by atoms with Gasteiger partial charge in [-0.25, -0.2) is 9.67 Å². The summed E-state index contributed by atoms with van der Waals surface area (Å²) >= 11 is 0. The largest absolute Gasteiger partial charge is 0.474 e. The predicted molar refractivity (Wildman–Crippen MR) is 110 cm³/mol. The third-order valence-electron chi connectivity index (χ3n) is 5.25. The molecule has 0 unspecified atom stereocenters. The molecule has 7 nitrogen and oxygen atoms in total. The lowest BCUT2D eigenvalue weighted by Gasteiger charge is -2.15. The summed E-state index contributed by atoms with van der Waals surface area (Å²) in [6, 6.07) is 10.8. The highest BCUT2D eigenvalue weighted by Crippen LogP contribution is 2.25. The van der Waals surface area contributed by atoms with Crippen molar-refractivity contribution in [1.82, 2.24) is 20.1 Å². The minimum absolute atomic E-state index is 0.193. The monoisotopic (exact) mass is 392 g/mol. The molecule has 29 heavy (non-hydrogen) atoms. The summed E-state index contributed by atoms with van der Waals surface area (Å²) in [4.78, 5) is 29.7. The Morgan fingerprint density at radius 3 is 2.69 bits per heavy atom. The van der Waals surface area contributed by atoms with Gasteiger partial charge in [0.05, 0.1) is 5.39 Å². The number of ether oxygens (including phenoxy) is 1. The fourth-order valence-corrected chi connectivity index (χ4v) is 3.71. The number of hydrogen-bond donors (Lipinski definition) is 1. The van der Waals surface area contributed by atoms with Crippen LogP contribution in [-0.4, -0.2) is 26.8 Å². The molecule has 1 saturated carbocycles. The van der Waals surface area contributed by atoms with Crippen LogP contribution in [0.5, 0.6) is 5.88 Å². The third-order valence-corrected chi connectivity index (χ3v) is 5.25. The van der Waals surface area contributed by atoms with Crippen molar-refractivity contribution in [2.24, 2.45) is 0 Å². The molecule has 1 N–H and O–H groups in total. The van der Waals surface area contributed by atoms with Gasteiger partial charge in [-0.15, -0.1) is 0 Å². The van der Waals surface area contributed by atoms with E-state index < -0.39 is 0 Å². The van der Waals surface area contributed by atoms with Crippen LogP contribution in [0.15, 0.2) is 47.4 Å². The van der Waals surface area contributed by atoms with Crippen LogP contribution in [0.1, 0.15) is 48.7 Å². The molecule has 1 amide bonds. The second-order valence-corrected chi connectivity index (χ2v) is 7.19. The summed E-state index contributed by atoms with van der Waals surface area (Å²) in [7, 11) is 0. The molecule has 3 aromatic rings. The second-order valence-electron chi connectivity index (χ2n) is 7.19. The lowest BCUT2D eigenvalue weighted by molar-refractivity contribution is 0.0944. The number of aryl methyl sites for hydroxylation is 1. The molecule has 2 heterocycles. The number of pyridine rings is 1. The standard InChI is InChI=1S/C22H24N4O3/c1-2-26-22(28)18-12-6-5-11-17(18)19(25-26)20(27)24-14-15-8-7-13-23-21(15)29-16-9-3-4-10-16/h5-8,11-13,16H,2-4,9-10,14H2,1H3,(H,24,27). The average molecular weight is 392 g/mol. The molecule has 150 valence electrons. The number of amides is 1. The number of carbonyl (C=O) groups excluding carboxylic acids is 1. The van der Waals surface area contributed by atoms with Gasteiger partial charge in [0.25, 0.3) is 11.5 Å². The quantitative estimate of drug-likeness (QED) is 0.697. The van der Waals surface area contributed by atoms with Crippen LogP contribution in [0, 0.1) is 0 Å². The van der Waals surface area contributed by atoms with Crippen molar-refractivity contribution in [3.05, 3.63) is 64.2 Å². The van der Waals surface area contributed by atoms with E-state index >= 15 is 0 Å². The van der Waals surface area contributed by atoms with Gasteiger partial charge in [0.2, 0.25) is 5.88 Å². The van der Waals surface area contributed by atoms with Crippen molar-refractivity contribution in [3.8, 4) is 5.88 Å². The number of hydrogen-bond acceptors (Lipinski definition) is 5. The lowest BCUT2D eigenvalue weighted by atomic mass is 10.1. The Balaban J connectivity index is 1.57. The van der Waals surface area contributed by atoms with Crippen molar-refractivity contribution in [2.75, 3.05) is 0 Å². The van der Waals surface area contributed by atoms with Gasteiger partial charge in [0.15, 0.2) is 5.69 Å². The number of fused-ring (bicyclic) bond motifs is 1. The van der Waals surface area contributed by atoms with Crippen molar-refractivity contribution in [2.45, 2.75) is 51.8 Å². The Hall–Kier alpha value is -3.22. The Bertz CT molecular complexity index is 1090. The summed E-state index contributed by atoms with van der Waals surface area (Å²) in [5.74, 6) is 0.232. The number of nitrogens with zero attached hydrogens (tertiary/aromatic N) is 3. The van der Waals surface area contributed by atoms with Gasteiger partial charge in [-0.3, -0.25) is 9.59 Å². The van der Waals surface area contributed by atoms with Crippen molar-refractivity contribution in [3.63, 3.8) is 0 Å². The first-order valence-electron chi connectivity index (χ1n) is 10.1. The van der Waals surface area contributed by atoms with E-state index in [0.717, 1.165) is 18.4 Å². The summed E-state index contributed by atoms with van der Waals surface area (Å²) in [5, 5.41) is 8.23. The predicted octanol–water partition coefficient (Wildman–Crippen LogP) is 3.06. The molecule has 1 aliphatic carbocycles. The number of aromatic nitrogens is 3. The van der Waals surface area contributed by atoms with Gasteiger partial charge in [0.1, 0.15) is 6.10 Å². The fourth-order valence-electron chi connectivity index (χ4n) is 3.71. The van der Waals surface area contributed by atoms with E-state index in [0.29, 0.717) is 23.2 Å². The molecule has 7 heteroatoms. The van der Waals surface area contributed by atoms with Gasteiger partial charge in [-0.1, -0.05) is 24.3 Å².